The quantitative estimate of drug-likeness (QED) is 0.843. The largest absolute Gasteiger partial charge is 0.390 e. The molecule has 1 unspecified atom stereocenters. The van der Waals surface area contributed by atoms with E-state index >= 15 is 0 Å². The van der Waals surface area contributed by atoms with Crippen LogP contribution >= 0.6 is 27.3 Å². The van der Waals surface area contributed by atoms with Gasteiger partial charge in [-0.1, -0.05) is 28.1 Å². The zero-order chi connectivity index (χ0) is 15.9. The molecular weight excluding hydrogens is 362 g/mol. The summed E-state index contributed by atoms with van der Waals surface area (Å²) < 4.78 is 0.984. The van der Waals surface area contributed by atoms with Gasteiger partial charge in [0.05, 0.1) is 22.0 Å². The molecule has 1 amide bonds. The summed E-state index contributed by atoms with van der Waals surface area (Å²) in [7, 11) is 0. The SMILES string of the molecule is N#CC1(c2ccc(Br)cc2)CCc2c(sc(N)c2C(N)=O)C1. The van der Waals surface area contributed by atoms with Crippen molar-refractivity contribution >= 4 is 38.2 Å². The number of nitrogen functional groups attached to an aromatic ring is 1. The normalized spacial score (nSPS) is 20.2. The Balaban J connectivity index is 2.05. The van der Waals surface area contributed by atoms with E-state index in [-0.39, 0.29) is 0 Å². The highest BCUT2D eigenvalue weighted by Gasteiger charge is 2.39. The van der Waals surface area contributed by atoms with Crippen LogP contribution in [0.5, 0.6) is 0 Å². The van der Waals surface area contributed by atoms with Crippen molar-refractivity contribution in [3.05, 3.63) is 50.3 Å². The van der Waals surface area contributed by atoms with Gasteiger partial charge in [-0.15, -0.1) is 11.3 Å². The van der Waals surface area contributed by atoms with Crippen molar-refractivity contribution < 1.29 is 4.79 Å². The van der Waals surface area contributed by atoms with Crippen LogP contribution in [0.2, 0.25) is 0 Å². The third-order valence-corrected chi connectivity index (χ3v) is 5.83. The molecule has 0 fully saturated rings. The molecule has 0 aliphatic heterocycles. The number of fused-ring (bicyclic) bond motifs is 1. The first kappa shape index (κ1) is 15.1. The van der Waals surface area contributed by atoms with Gasteiger partial charge in [0.15, 0.2) is 0 Å². The van der Waals surface area contributed by atoms with Crippen LogP contribution in [-0.4, -0.2) is 5.91 Å². The number of halogens is 1. The van der Waals surface area contributed by atoms with E-state index in [9.17, 15) is 10.1 Å². The van der Waals surface area contributed by atoms with Gasteiger partial charge in [0.25, 0.3) is 5.91 Å². The molecule has 3 rings (SSSR count). The molecule has 0 bridgehead atoms. The third kappa shape index (κ3) is 2.31. The van der Waals surface area contributed by atoms with Crippen molar-refractivity contribution in [2.45, 2.75) is 24.7 Å². The number of primary amides is 1. The first-order valence-electron chi connectivity index (χ1n) is 6.84. The molecule has 4 nitrogen and oxygen atoms in total. The topological polar surface area (TPSA) is 92.9 Å². The number of hydrogen-bond acceptors (Lipinski definition) is 4. The van der Waals surface area contributed by atoms with Gasteiger partial charge in [-0.3, -0.25) is 4.79 Å². The van der Waals surface area contributed by atoms with Crippen LogP contribution in [-0.2, 0) is 18.3 Å². The number of thiophene rings is 1. The lowest BCUT2D eigenvalue weighted by molar-refractivity contribution is 0.100. The average Bonchev–Trinajstić information content (AvgIpc) is 2.82. The van der Waals surface area contributed by atoms with Crippen molar-refractivity contribution in [2.24, 2.45) is 5.73 Å². The molecule has 112 valence electrons. The molecule has 1 aliphatic rings. The Morgan fingerprint density at radius 3 is 2.64 bits per heavy atom. The van der Waals surface area contributed by atoms with E-state index in [4.69, 9.17) is 11.5 Å². The van der Waals surface area contributed by atoms with Gasteiger partial charge in [0.2, 0.25) is 0 Å². The standard InChI is InChI=1S/C16H14BrN3OS/c17-10-3-1-9(2-4-10)16(8-18)6-5-11-12(7-16)22-15(20)13(11)14(19)21/h1-4H,5-7,20H2,(H2,19,21). The van der Waals surface area contributed by atoms with E-state index in [0.29, 0.717) is 29.8 Å². The summed E-state index contributed by atoms with van der Waals surface area (Å²) in [4.78, 5) is 12.6. The minimum atomic E-state index is -0.570. The zero-order valence-electron chi connectivity index (χ0n) is 11.7. The predicted octanol–water partition coefficient (Wildman–Crippen LogP) is 3.14. The van der Waals surface area contributed by atoms with Crippen LogP contribution in [0.1, 0.15) is 32.8 Å². The van der Waals surface area contributed by atoms with Gasteiger partial charge in [0, 0.05) is 15.8 Å². The molecule has 4 N–H and O–H groups in total. The molecule has 1 aromatic heterocycles. The van der Waals surface area contributed by atoms with Crippen molar-refractivity contribution in [1.82, 2.24) is 0 Å². The molecule has 1 aliphatic carbocycles. The second kappa shape index (κ2) is 5.41. The van der Waals surface area contributed by atoms with Gasteiger partial charge < -0.3 is 11.5 Å². The summed E-state index contributed by atoms with van der Waals surface area (Å²) in [5.74, 6) is -0.483. The van der Waals surface area contributed by atoms with Gasteiger partial charge in [0.1, 0.15) is 0 Å². The van der Waals surface area contributed by atoms with Gasteiger partial charge >= 0.3 is 0 Å². The van der Waals surface area contributed by atoms with Crippen molar-refractivity contribution in [3.8, 4) is 6.07 Å². The van der Waals surface area contributed by atoms with Gasteiger partial charge in [-0.25, -0.2) is 0 Å². The van der Waals surface area contributed by atoms with Gasteiger partial charge in [-0.05, 0) is 36.1 Å². The molecule has 1 heterocycles. The number of nitrogens with two attached hydrogens (primary N) is 2. The number of anilines is 1. The molecule has 0 saturated heterocycles. The lowest BCUT2D eigenvalue weighted by Gasteiger charge is -2.31. The summed E-state index contributed by atoms with van der Waals surface area (Å²) in [6.07, 6.45) is 1.88. The molecule has 2 aromatic rings. The Hall–Kier alpha value is -1.84. The monoisotopic (exact) mass is 375 g/mol. The predicted molar refractivity (Wildman–Crippen MR) is 90.7 cm³/mol. The fourth-order valence-corrected chi connectivity index (χ4v) is 4.59. The number of nitriles is 1. The van der Waals surface area contributed by atoms with E-state index < -0.39 is 11.3 Å². The highest BCUT2D eigenvalue weighted by atomic mass is 79.9. The molecule has 0 spiro atoms. The number of carbonyl (C=O) groups excluding carboxylic acids is 1. The summed E-state index contributed by atoms with van der Waals surface area (Å²) in [6, 6.07) is 10.3. The van der Waals surface area contributed by atoms with E-state index in [0.717, 1.165) is 20.5 Å². The zero-order valence-corrected chi connectivity index (χ0v) is 14.1. The number of rotatable bonds is 2. The molecule has 1 atom stereocenters. The van der Waals surface area contributed by atoms with Crippen LogP contribution in [0.4, 0.5) is 5.00 Å². The number of benzene rings is 1. The lowest BCUT2D eigenvalue weighted by atomic mass is 9.70. The summed E-state index contributed by atoms with van der Waals surface area (Å²) in [5.41, 5.74) is 13.2. The summed E-state index contributed by atoms with van der Waals surface area (Å²) in [6.45, 7) is 0. The summed E-state index contributed by atoms with van der Waals surface area (Å²) in [5, 5.41) is 10.3. The van der Waals surface area contributed by atoms with Crippen LogP contribution < -0.4 is 11.5 Å². The minimum absolute atomic E-state index is 0.447. The second-order valence-corrected chi connectivity index (χ2v) is 7.54. The minimum Gasteiger partial charge on any atom is -0.390 e. The van der Waals surface area contributed by atoms with Crippen LogP contribution in [0.15, 0.2) is 28.7 Å². The molecule has 0 saturated carbocycles. The number of hydrogen-bond donors (Lipinski definition) is 2. The number of nitrogens with zero attached hydrogens (tertiary/aromatic N) is 1. The van der Waals surface area contributed by atoms with Crippen molar-refractivity contribution in [2.75, 3.05) is 5.73 Å². The Morgan fingerprint density at radius 1 is 1.36 bits per heavy atom. The van der Waals surface area contributed by atoms with E-state index in [1.165, 1.54) is 11.3 Å². The number of carbonyl (C=O) groups is 1. The first-order chi connectivity index (χ1) is 10.5. The third-order valence-electron chi connectivity index (χ3n) is 4.24. The Labute approximate surface area is 140 Å². The lowest BCUT2D eigenvalue weighted by Crippen LogP contribution is -2.32. The fourth-order valence-electron chi connectivity index (χ4n) is 3.09. The molecule has 0 radical (unpaired) electrons. The average molecular weight is 376 g/mol. The maximum absolute atomic E-state index is 11.6. The van der Waals surface area contributed by atoms with E-state index in [2.05, 4.69) is 22.0 Å². The maximum Gasteiger partial charge on any atom is 0.251 e. The van der Waals surface area contributed by atoms with Gasteiger partial charge in [-0.2, -0.15) is 5.26 Å². The van der Waals surface area contributed by atoms with Crippen LogP contribution in [0.3, 0.4) is 0 Å². The molecule has 22 heavy (non-hydrogen) atoms. The van der Waals surface area contributed by atoms with Crippen molar-refractivity contribution in [1.29, 1.82) is 5.26 Å². The Morgan fingerprint density at radius 2 is 2.05 bits per heavy atom. The van der Waals surface area contributed by atoms with E-state index in [1.807, 2.05) is 24.3 Å². The maximum atomic E-state index is 11.6. The smallest absolute Gasteiger partial charge is 0.251 e. The fraction of sp³-hybridized carbons (Fsp3) is 0.250. The highest BCUT2D eigenvalue weighted by molar-refractivity contribution is 9.10. The second-order valence-electron chi connectivity index (χ2n) is 5.48. The van der Waals surface area contributed by atoms with Crippen LogP contribution in [0, 0.1) is 11.3 Å². The Bertz CT molecular complexity index is 791. The Kier molecular flexibility index (Phi) is 3.71. The first-order valence-corrected chi connectivity index (χ1v) is 8.45. The summed E-state index contributed by atoms with van der Waals surface area (Å²) >= 11 is 4.79. The number of amides is 1. The van der Waals surface area contributed by atoms with Crippen molar-refractivity contribution in [3.63, 3.8) is 0 Å². The molecular formula is C16H14BrN3OS. The van der Waals surface area contributed by atoms with E-state index in [1.54, 1.807) is 0 Å². The van der Waals surface area contributed by atoms with Crippen LogP contribution in [0.25, 0.3) is 0 Å². The highest BCUT2D eigenvalue weighted by Crippen LogP contribution is 2.44. The molecule has 6 heteroatoms. The molecule has 1 aromatic carbocycles.